The van der Waals surface area contributed by atoms with Gasteiger partial charge in [0.05, 0.1) is 11.6 Å². The summed E-state index contributed by atoms with van der Waals surface area (Å²) in [5.74, 6) is 0.471. The quantitative estimate of drug-likeness (QED) is 0.541. The molecule has 0 saturated heterocycles. The Hall–Kier alpha value is -2.08. The van der Waals surface area contributed by atoms with Crippen molar-refractivity contribution < 1.29 is 4.42 Å². The van der Waals surface area contributed by atoms with Crippen molar-refractivity contribution in [3.63, 3.8) is 0 Å². The second-order valence-corrected chi connectivity index (χ2v) is 5.36. The number of pyridine rings is 1. The lowest BCUT2D eigenvalue weighted by molar-refractivity contribution is 0.666. The Morgan fingerprint density at radius 2 is 2.16 bits per heavy atom. The van der Waals surface area contributed by atoms with Crippen LogP contribution in [-0.2, 0) is 7.05 Å². The summed E-state index contributed by atoms with van der Waals surface area (Å²) >= 11 is 3.46. The molecular weight excluding hydrogens is 308 g/mol. The number of nitrogen functional groups attached to an aromatic ring is 1. The Labute approximate surface area is 116 Å². The molecule has 0 unspecified atom stereocenters. The Kier molecular flexibility index (Phi) is 1.98. The predicted molar refractivity (Wildman–Crippen MR) is 77.9 cm³/mol. The standard InChI is InChI=1S/C13H9BrN4O/c1-18-11-8(5-16-18)13(15)17-10-7-4-6(14)2-3-9(7)19-12(10)11/h2-5H,1H3,(H2,15,17). The van der Waals surface area contributed by atoms with Gasteiger partial charge in [0, 0.05) is 16.9 Å². The third-order valence-corrected chi connectivity index (χ3v) is 3.78. The number of fused-ring (bicyclic) bond motifs is 5. The third-order valence-electron chi connectivity index (χ3n) is 3.29. The van der Waals surface area contributed by atoms with Crippen LogP contribution >= 0.6 is 15.9 Å². The molecule has 2 N–H and O–H groups in total. The van der Waals surface area contributed by atoms with E-state index in [-0.39, 0.29) is 0 Å². The van der Waals surface area contributed by atoms with Crippen molar-refractivity contribution in [1.82, 2.24) is 14.8 Å². The lowest BCUT2D eigenvalue weighted by atomic mass is 10.2. The molecule has 6 heteroatoms. The maximum absolute atomic E-state index is 6.01. The smallest absolute Gasteiger partial charge is 0.179 e. The Morgan fingerprint density at radius 1 is 1.32 bits per heavy atom. The zero-order chi connectivity index (χ0) is 13.1. The average Bonchev–Trinajstić information content (AvgIpc) is 2.92. The van der Waals surface area contributed by atoms with Gasteiger partial charge in [-0.15, -0.1) is 0 Å². The van der Waals surface area contributed by atoms with Crippen LogP contribution in [0.4, 0.5) is 5.82 Å². The van der Waals surface area contributed by atoms with Gasteiger partial charge in [0.15, 0.2) is 5.58 Å². The van der Waals surface area contributed by atoms with Gasteiger partial charge in [-0.05, 0) is 18.2 Å². The SMILES string of the molecule is Cn1ncc2c(N)nc3c4cc(Br)ccc4oc3c21. The van der Waals surface area contributed by atoms with E-state index in [9.17, 15) is 0 Å². The van der Waals surface area contributed by atoms with Crippen LogP contribution in [0.1, 0.15) is 0 Å². The first-order valence-electron chi connectivity index (χ1n) is 5.74. The number of aromatic nitrogens is 3. The van der Waals surface area contributed by atoms with Crippen LogP contribution in [0, 0.1) is 0 Å². The van der Waals surface area contributed by atoms with E-state index in [0.717, 1.165) is 37.4 Å². The van der Waals surface area contributed by atoms with Gasteiger partial charge in [0.1, 0.15) is 22.4 Å². The lowest BCUT2D eigenvalue weighted by Crippen LogP contribution is -1.94. The van der Waals surface area contributed by atoms with Gasteiger partial charge in [-0.25, -0.2) is 4.98 Å². The van der Waals surface area contributed by atoms with Crippen LogP contribution in [0.3, 0.4) is 0 Å². The fraction of sp³-hybridized carbons (Fsp3) is 0.0769. The summed E-state index contributed by atoms with van der Waals surface area (Å²) < 4.78 is 8.65. The molecule has 0 spiro atoms. The van der Waals surface area contributed by atoms with Crippen molar-refractivity contribution in [3.8, 4) is 0 Å². The van der Waals surface area contributed by atoms with Gasteiger partial charge < -0.3 is 10.2 Å². The van der Waals surface area contributed by atoms with Crippen molar-refractivity contribution in [3.05, 3.63) is 28.9 Å². The molecule has 0 saturated carbocycles. The normalized spacial score (nSPS) is 11.9. The monoisotopic (exact) mass is 316 g/mol. The third kappa shape index (κ3) is 1.34. The minimum absolute atomic E-state index is 0.471. The van der Waals surface area contributed by atoms with E-state index in [1.165, 1.54) is 0 Å². The molecule has 0 amide bonds. The fourth-order valence-corrected chi connectivity index (χ4v) is 2.76. The van der Waals surface area contributed by atoms with Crippen molar-refractivity contribution in [1.29, 1.82) is 0 Å². The van der Waals surface area contributed by atoms with Crippen LogP contribution in [0.5, 0.6) is 0 Å². The van der Waals surface area contributed by atoms with Crippen LogP contribution < -0.4 is 5.73 Å². The highest BCUT2D eigenvalue weighted by Gasteiger charge is 2.17. The van der Waals surface area contributed by atoms with E-state index in [4.69, 9.17) is 10.2 Å². The van der Waals surface area contributed by atoms with E-state index in [1.54, 1.807) is 10.9 Å². The summed E-state index contributed by atoms with van der Waals surface area (Å²) in [5.41, 5.74) is 9.15. The number of benzene rings is 1. The summed E-state index contributed by atoms with van der Waals surface area (Å²) in [5, 5.41) is 5.98. The van der Waals surface area contributed by atoms with E-state index in [0.29, 0.717) is 5.82 Å². The molecule has 4 rings (SSSR count). The van der Waals surface area contributed by atoms with Gasteiger partial charge in [-0.2, -0.15) is 5.10 Å². The lowest BCUT2D eigenvalue weighted by Gasteiger charge is -1.98. The highest BCUT2D eigenvalue weighted by Crippen LogP contribution is 2.35. The molecule has 3 heterocycles. The van der Waals surface area contributed by atoms with Crippen LogP contribution in [0.2, 0.25) is 0 Å². The van der Waals surface area contributed by atoms with E-state index in [2.05, 4.69) is 26.0 Å². The van der Waals surface area contributed by atoms with Crippen molar-refractivity contribution in [2.24, 2.45) is 7.05 Å². The van der Waals surface area contributed by atoms with Crippen molar-refractivity contribution in [2.75, 3.05) is 5.73 Å². The van der Waals surface area contributed by atoms with Gasteiger partial charge in [0.25, 0.3) is 0 Å². The molecule has 5 nitrogen and oxygen atoms in total. The molecular formula is C13H9BrN4O. The minimum Gasteiger partial charge on any atom is -0.452 e. The Balaban J connectivity index is 2.35. The van der Waals surface area contributed by atoms with Gasteiger partial charge in [-0.3, -0.25) is 4.68 Å². The maximum atomic E-state index is 6.01. The number of hydrogen-bond acceptors (Lipinski definition) is 4. The molecule has 1 aromatic carbocycles. The second kappa shape index (κ2) is 3.48. The first-order valence-corrected chi connectivity index (χ1v) is 6.53. The first kappa shape index (κ1) is 10.8. The minimum atomic E-state index is 0.471. The number of anilines is 1. The average molecular weight is 317 g/mol. The molecule has 0 aliphatic carbocycles. The van der Waals surface area contributed by atoms with Crippen molar-refractivity contribution >= 4 is 54.7 Å². The fourth-order valence-electron chi connectivity index (χ4n) is 2.40. The summed E-state index contributed by atoms with van der Waals surface area (Å²) in [6.45, 7) is 0. The molecule has 0 fully saturated rings. The van der Waals surface area contributed by atoms with Crippen molar-refractivity contribution in [2.45, 2.75) is 0 Å². The van der Waals surface area contributed by atoms with Gasteiger partial charge in [0.2, 0.25) is 0 Å². The number of halogens is 1. The van der Waals surface area contributed by atoms with Gasteiger partial charge in [-0.1, -0.05) is 15.9 Å². The van der Waals surface area contributed by atoms with E-state index >= 15 is 0 Å². The highest BCUT2D eigenvalue weighted by atomic mass is 79.9. The van der Waals surface area contributed by atoms with Crippen LogP contribution in [0.15, 0.2) is 33.3 Å². The topological polar surface area (TPSA) is 69.9 Å². The van der Waals surface area contributed by atoms with E-state index < -0.39 is 0 Å². The molecule has 0 aliphatic rings. The van der Waals surface area contributed by atoms with Gasteiger partial charge >= 0.3 is 0 Å². The zero-order valence-corrected chi connectivity index (χ0v) is 11.6. The number of rotatable bonds is 0. The Bertz CT molecular complexity index is 954. The van der Waals surface area contributed by atoms with Crippen LogP contribution in [0.25, 0.3) is 33.0 Å². The molecule has 4 aromatic rings. The maximum Gasteiger partial charge on any atom is 0.179 e. The summed E-state index contributed by atoms with van der Waals surface area (Å²) in [4.78, 5) is 4.46. The molecule has 0 aliphatic heterocycles. The summed E-state index contributed by atoms with van der Waals surface area (Å²) in [6, 6.07) is 5.84. The highest BCUT2D eigenvalue weighted by molar-refractivity contribution is 9.10. The Morgan fingerprint density at radius 3 is 3.00 bits per heavy atom. The number of aryl methyl sites for hydroxylation is 1. The molecule has 0 atom stereocenters. The summed E-state index contributed by atoms with van der Waals surface area (Å²) in [6.07, 6.45) is 1.71. The number of hydrogen-bond donors (Lipinski definition) is 1. The number of nitrogens with two attached hydrogens (primary N) is 1. The largest absolute Gasteiger partial charge is 0.452 e. The molecule has 0 radical (unpaired) electrons. The second-order valence-electron chi connectivity index (χ2n) is 4.45. The predicted octanol–water partition coefficient (Wildman–Crippen LogP) is 3.21. The van der Waals surface area contributed by atoms with Crippen LogP contribution in [-0.4, -0.2) is 14.8 Å². The molecule has 94 valence electrons. The summed E-state index contributed by atoms with van der Waals surface area (Å²) in [7, 11) is 1.87. The number of furan rings is 1. The first-order chi connectivity index (χ1) is 9.15. The van der Waals surface area contributed by atoms with E-state index in [1.807, 2.05) is 25.2 Å². The number of nitrogens with zero attached hydrogens (tertiary/aromatic N) is 3. The zero-order valence-electron chi connectivity index (χ0n) is 10.0. The molecule has 3 aromatic heterocycles. The molecule has 19 heavy (non-hydrogen) atoms. The molecule has 0 bridgehead atoms.